The number of nitro groups is 1. The van der Waals surface area contributed by atoms with E-state index in [0.717, 1.165) is 0 Å². The van der Waals surface area contributed by atoms with Gasteiger partial charge in [0.2, 0.25) is 0 Å². The normalized spacial score (nSPS) is 9.20. The van der Waals surface area contributed by atoms with Crippen LogP contribution in [0.1, 0.15) is 0 Å². The lowest BCUT2D eigenvalue weighted by Gasteiger charge is -1.90. The number of hydrogen-bond donors (Lipinski definition) is 1. The molecule has 1 N–H and O–H groups in total. The summed E-state index contributed by atoms with van der Waals surface area (Å²) >= 11 is 0. The Morgan fingerprint density at radius 2 is 2.40 bits per heavy atom. The number of hydrogen-bond acceptors (Lipinski definition) is 3. The molecule has 0 aliphatic rings. The van der Waals surface area contributed by atoms with Crippen molar-refractivity contribution in [1.82, 2.24) is 0 Å². The van der Waals surface area contributed by atoms with E-state index in [1.165, 1.54) is 12.1 Å². The van der Waals surface area contributed by atoms with Crippen LogP contribution in [0.5, 0.6) is 5.75 Å². The van der Waals surface area contributed by atoms with Crippen LogP contribution in [0.25, 0.3) is 0 Å². The third-order valence-electron chi connectivity index (χ3n) is 0.940. The molecule has 1 aromatic carbocycles. The minimum Gasteiger partial charge on any atom is -0.502 e. The summed E-state index contributed by atoms with van der Waals surface area (Å²) in [5.41, 5.74) is -0.442. The molecule has 4 nitrogen and oxygen atoms in total. The number of phenols is 1. The van der Waals surface area contributed by atoms with E-state index in [0.29, 0.717) is 0 Å². The molecular weight excluding hydrogens is 134 g/mol. The zero-order chi connectivity index (χ0) is 7.56. The van der Waals surface area contributed by atoms with Gasteiger partial charge < -0.3 is 5.11 Å². The molecule has 0 aromatic heterocycles. The van der Waals surface area contributed by atoms with Crippen LogP contribution < -0.4 is 0 Å². The summed E-state index contributed by atoms with van der Waals surface area (Å²) in [5.74, 6) is -0.385. The number of nitro benzene ring substituents is 1. The fourth-order valence-corrected chi connectivity index (χ4v) is 0.513. The first kappa shape index (κ1) is 6.54. The molecule has 4 heteroatoms. The van der Waals surface area contributed by atoms with Gasteiger partial charge in [0.1, 0.15) is 0 Å². The summed E-state index contributed by atoms with van der Waals surface area (Å²) in [7, 11) is 0. The van der Waals surface area contributed by atoms with Crippen molar-refractivity contribution in [2.24, 2.45) is 0 Å². The van der Waals surface area contributed by atoms with Crippen LogP contribution in [-0.2, 0) is 0 Å². The third kappa shape index (κ3) is 1.05. The van der Waals surface area contributed by atoms with Crippen LogP contribution in [0.4, 0.5) is 5.69 Å². The van der Waals surface area contributed by atoms with Gasteiger partial charge in [-0.05, 0) is 18.2 Å². The molecule has 0 fully saturated rings. The van der Waals surface area contributed by atoms with Crippen molar-refractivity contribution in [1.29, 1.82) is 0 Å². The topological polar surface area (TPSA) is 63.4 Å². The van der Waals surface area contributed by atoms with Crippen LogP contribution in [0.3, 0.4) is 0 Å². The largest absolute Gasteiger partial charge is 0.502 e. The van der Waals surface area contributed by atoms with Gasteiger partial charge in [0.05, 0.1) is 11.0 Å². The molecule has 0 spiro atoms. The van der Waals surface area contributed by atoms with E-state index < -0.39 is 10.6 Å². The highest BCUT2D eigenvalue weighted by molar-refractivity contribution is 5.42. The van der Waals surface area contributed by atoms with E-state index in [2.05, 4.69) is 12.1 Å². The van der Waals surface area contributed by atoms with E-state index in [-0.39, 0.29) is 5.75 Å². The lowest BCUT2D eigenvalue weighted by atomic mass is 10.3. The van der Waals surface area contributed by atoms with E-state index >= 15 is 0 Å². The molecule has 2 radical (unpaired) electrons. The Bertz CT molecular complexity index is 259. The van der Waals surface area contributed by atoms with Crippen LogP contribution in [0.2, 0.25) is 0 Å². The lowest BCUT2D eigenvalue weighted by Crippen LogP contribution is -1.87. The molecule has 0 bridgehead atoms. The van der Waals surface area contributed by atoms with Crippen LogP contribution in [0.15, 0.2) is 12.1 Å². The van der Waals surface area contributed by atoms with Crippen LogP contribution >= 0.6 is 0 Å². The summed E-state index contributed by atoms with van der Waals surface area (Å²) in [4.78, 5) is 9.30. The quantitative estimate of drug-likeness (QED) is 0.462. The molecule has 0 aliphatic carbocycles. The Labute approximate surface area is 56.9 Å². The summed E-state index contributed by atoms with van der Waals surface area (Å²) in [6, 6.07) is 7.06. The molecule has 0 atom stereocenters. The van der Waals surface area contributed by atoms with Crippen LogP contribution in [-0.4, -0.2) is 10.0 Å². The molecule has 1 rings (SSSR count). The van der Waals surface area contributed by atoms with Crippen LogP contribution in [0, 0.1) is 22.2 Å². The van der Waals surface area contributed by atoms with E-state index in [1.54, 1.807) is 0 Å². The average molecular weight is 137 g/mol. The fourth-order valence-electron chi connectivity index (χ4n) is 0.513. The molecule has 0 saturated heterocycles. The first-order chi connectivity index (χ1) is 4.72. The second kappa shape index (κ2) is 2.34. The molecule has 0 aliphatic heterocycles. The van der Waals surface area contributed by atoms with Gasteiger partial charge in [-0.3, -0.25) is 10.1 Å². The molecule has 0 heterocycles. The maximum absolute atomic E-state index is 10.0. The summed E-state index contributed by atoms with van der Waals surface area (Å²) in [6.07, 6.45) is 0. The Kier molecular flexibility index (Phi) is 1.53. The Hall–Kier alpha value is -1.58. The van der Waals surface area contributed by atoms with Crippen molar-refractivity contribution in [3.05, 3.63) is 34.4 Å². The number of nitrogens with zero attached hydrogens (tertiary/aromatic N) is 1. The highest BCUT2D eigenvalue weighted by atomic mass is 16.6. The molecule has 0 unspecified atom stereocenters. The van der Waals surface area contributed by atoms with Gasteiger partial charge >= 0.3 is 5.69 Å². The van der Waals surface area contributed by atoms with Crippen molar-refractivity contribution in [2.45, 2.75) is 0 Å². The van der Waals surface area contributed by atoms with Crippen molar-refractivity contribution in [2.75, 3.05) is 0 Å². The fraction of sp³-hybridized carbons (Fsp3) is 0. The zero-order valence-electron chi connectivity index (χ0n) is 4.87. The number of benzene rings is 1. The van der Waals surface area contributed by atoms with Gasteiger partial charge in [-0.2, -0.15) is 0 Å². The molecule has 0 saturated carbocycles. The van der Waals surface area contributed by atoms with Gasteiger partial charge in [0.25, 0.3) is 0 Å². The van der Waals surface area contributed by atoms with E-state index in [4.69, 9.17) is 5.11 Å². The van der Waals surface area contributed by atoms with Gasteiger partial charge in [-0.15, -0.1) is 0 Å². The highest BCUT2D eigenvalue weighted by Gasteiger charge is 2.10. The second-order valence-corrected chi connectivity index (χ2v) is 1.59. The Balaban J connectivity index is 3.15. The van der Waals surface area contributed by atoms with Crippen molar-refractivity contribution in [3.63, 3.8) is 0 Å². The maximum atomic E-state index is 10.0. The molecule has 10 heavy (non-hydrogen) atoms. The number of rotatable bonds is 1. The first-order valence-corrected chi connectivity index (χ1v) is 2.47. The predicted octanol–water partition coefficient (Wildman–Crippen LogP) is 0.901. The van der Waals surface area contributed by atoms with Crippen molar-refractivity contribution >= 4 is 5.69 Å². The zero-order valence-corrected chi connectivity index (χ0v) is 4.87. The monoisotopic (exact) mass is 137 g/mol. The smallest absolute Gasteiger partial charge is 0.319 e. The minimum atomic E-state index is -0.716. The molecular formula is C6H3NO3. The molecule has 1 aromatic rings. The predicted molar refractivity (Wildman–Crippen MR) is 32.4 cm³/mol. The number of phenolic OH excluding ortho intramolecular Hbond substituents is 1. The first-order valence-electron chi connectivity index (χ1n) is 2.47. The van der Waals surface area contributed by atoms with E-state index in [1.807, 2.05) is 0 Å². The lowest BCUT2D eigenvalue weighted by molar-refractivity contribution is -0.386. The average Bonchev–Trinajstić information content (AvgIpc) is 1.88. The number of aromatic hydroxyl groups is 1. The Morgan fingerprint density at radius 3 is 2.80 bits per heavy atom. The molecule has 50 valence electrons. The summed E-state index contributed by atoms with van der Waals surface area (Å²) in [5, 5.41) is 18.8. The van der Waals surface area contributed by atoms with Crippen molar-refractivity contribution in [3.8, 4) is 5.75 Å². The molecule has 0 amide bonds. The van der Waals surface area contributed by atoms with Gasteiger partial charge in [0, 0.05) is 0 Å². The maximum Gasteiger partial charge on any atom is 0.319 e. The third-order valence-corrected chi connectivity index (χ3v) is 0.940. The Morgan fingerprint density at radius 1 is 1.70 bits per heavy atom. The van der Waals surface area contributed by atoms with Crippen molar-refractivity contribution < 1.29 is 10.0 Å². The van der Waals surface area contributed by atoms with E-state index in [9.17, 15) is 10.1 Å². The standard InChI is InChI=1S/C6H3NO3/c8-6-4-2-1-3-5(6)7(9)10/h2,4,8H. The summed E-state index contributed by atoms with van der Waals surface area (Å²) < 4.78 is 0. The van der Waals surface area contributed by atoms with Gasteiger partial charge in [-0.25, -0.2) is 0 Å². The second-order valence-electron chi connectivity index (χ2n) is 1.59. The SMILES string of the molecule is O=[N+]([O-])c1[c][c]ccc1O. The van der Waals surface area contributed by atoms with Gasteiger partial charge in [-0.1, -0.05) is 0 Å². The highest BCUT2D eigenvalue weighted by Crippen LogP contribution is 2.22. The minimum absolute atomic E-state index is 0.385. The van der Waals surface area contributed by atoms with Gasteiger partial charge in [0.15, 0.2) is 5.75 Å². The summed E-state index contributed by atoms with van der Waals surface area (Å²) in [6.45, 7) is 0.